The monoisotopic (exact) mass is 290 g/mol. The quantitative estimate of drug-likeness (QED) is 0.786. The van der Waals surface area contributed by atoms with Crippen LogP contribution in [0, 0.1) is 6.92 Å². The second-order valence-corrected chi connectivity index (χ2v) is 5.76. The molecule has 0 amide bonds. The van der Waals surface area contributed by atoms with Crippen molar-refractivity contribution in [3.05, 3.63) is 39.7 Å². The highest BCUT2D eigenvalue weighted by atomic mass is 16.5. The van der Waals surface area contributed by atoms with E-state index in [0.29, 0.717) is 17.7 Å². The van der Waals surface area contributed by atoms with Gasteiger partial charge >= 0.3 is 5.63 Å². The lowest BCUT2D eigenvalue weighted by atomic mass is 9.84. The Balaban J connectivity index is 2.33. The topological polar surface area (TPSA) is 79.9 Å². The average Bonchev–Trinajstić information content (AvgIpc) is 2.44. The lowest BCUT2D eigenvalue weighted by molar-refractivity contribution is -0.121. The summed E-state index contributed by atoms with van der Waals surface area (Å²) < 4.78 is 11.1. The Morgan fingerprint density at radius 2 is 2.05 bits per heavy atom. The summed E-state index contributed by atoms with van der Waals surface area (Å²) in [6.45, 7) is 5.43. The van der Waals surface area contributed by atoms with Gasteiger partial charge in [0.25, 0.3) is 0 Å². The highest BCUT2D eigenvalue weighted by Crippen LogP contribution is 2.44. The van der Waals surface area contributed by atoms with Crippen LogP contribution in [0.3, 0.4) is 0 Å². The number of hydrogen-bond donors (Lipinski definition) is 2. The van der Waals surface area contributed by atoms with Gasteiger partial charge in [0.15, 0.2) is 0 Å². The van der Waals surface area contributed by atoms with E-state index < -0.39 is 23.4 Å². The summed E-state index contributed by atoms with van der Waals surface area (Å²) in [5.41, 5.74) is 0.0203. The van der Waals surface area contributed by atoms with E-state index in [2.05, 4.69) is 0 Å². The maximum Gasteiger partial charge on any atom is 0.336 e. The standard InChI is InChI=1S/C16H18O5/c1-4-16(3)15(19)13(18)12-10(21-16)6-5-9-8(2)7-11(17)20-14(9)12/h5-7,13,15,18-19H,4H2,1-3H3/t13-,15-,16?/m1/s1. The third-order valence-corrected chi connectivity index (χ3v) is 4.38. The first-order chi connectivity index (χ1) is 9.87. The number of benzene rings is 1. The predicted octanol–water partition coefficient (Wildman–Crippen LogP) is 2.06. The Labute approximate surface area is 121 Å². The molecule has 5 heteroatoms. The smallest absolute Gasteiger partial charge is 0.336 e. The summed E-state index contributed by atoms with van der Waals surface area (Å²) in [4.78, 5) is 11.6. The van der Waals surface area contributed by atoms with Crippen LogP contribution in [0.1, 0.15) is 37.5 Å². The van der Waals surface area contributed by atoms with E-state index in [1.807, 2.05) is 6.92 Å². The number of ether oxygens (including phenoxy) is 1. The van der Waals surface area contributed by atoms with Gasteiger partial charge in [-0.25, -0.2) is 4.79 Å². The van der Waals surface area contributed by atoms with Gasteiger partial charge in [0.1, 0.15) is 29.1 Å². The molecule has 0 saturated carbocycles. The van der Waals surface area contributed by atoms with E-state index in [1.54, 1.807) is 26.0 Å². The lowest BCUT2D eigenvalue weighted by Gasteiger charge is -2.41. The van der Waals surface area contributed by atoms with Crippen LogP contribution in [0.25, 0.3) is 11.0 Å². The van der Waals surface area contributed by atoms with Crippen molar-refractivity contribution in [2.75, 3.05) is 0 Å². The maximum absolute atomic E-state index is 11.6. The molecule has 5 nitrogen and oxygen atoms in total. The van der Waals surface area contributed by atoms with Gasteiger partial charge in [-0.05, 0) is 38.0 Å². The van der Waals surface area contributed by atoms with Crippen LogP contribution in [0.2, 0.25) is 0 Å². The largest absolute Gasteiger partial charge is 0.484 e. The molecule has 2 N–H and O–H groups in total. The van der Waals surface area contributed by atoms with Crippen molar-refractivity contribution in [3.63, 3.8) is 0 Å². The zero-order valence-electron chi connectivity index (χ0n) is 12.2. The highest BCUT2D eigenvalue weighted by Gasteiger charge is 2.45. The normalized spacial score (nSPS) is 28.2. The van der Waals surface area contributed by atoms with E-state index in [0.717, 1.165) is 10.9 Å². The molecule has 0 radical (unpaired) electrons. The number of aliphatic hydroxyl groups is 2. The molecule has 1 unspecified atom stereocenters. The zero-order chi connectivity index (χ0) is 15.4. The first-order valence-electron chi connectivity index (χ1n) is 7.00. The SMILES string of the molecule is CCC1(C)Oc2ccc3c(C)cc(=O)oc3c2[C@@H](O)[C@H]1O. The predicted molar refractivity (Wildman–Crippen MR) is 77.5 cm³/mol. The fourth-order valence-electron chi connectivity index (χ4n) is 2.84. The minimum Gasteiger partial charge on any atom is -0.484 e. The van der Waals surface area contributed by atoms with Gasteiger partial charge in [-0.1, -0.05) is 6.92 Å². The fourth-order valence-corrected chi connectivity index (χ4v) is 2.84. The second-order valence-electron chi connectivity index (χ2n) is 5.76. The van der Waals surface area contributed by atoms with Gasteiger partial charge < -0.3 is 19.4 Å². The fraction of sp³-hybridized carbons (Fsp3) is 0.438. The van der Waals surface area contributed by atoms with Crippen LogP contribution in [0.4, 0.5) is 0 Å². The molecule has 2 heterocycles. The number of rotatable bonds is 1. The summed E-state index contributed by atoms with van der Waals surface area (Å²) in [5, 5.41) is 21.6. The van der Waals surface area contributed by atoms with Crippen molar-refractivity contribution in [3.8, 4) is 5.75 Å². The molecular weight excluding hydrogens is 272 g/mol. The van der Waals surface area contributed by atoms with Crippen LogP contribution in [-0.4, -0.2) is 21.9 Å². The minimum absolute atomic E-state index is 0.280. The van der Waals surface area contributed by atoms with Crippen LogP contribution in [-0.2, 0) is 0 Å². The Bertz CT molecular complexity index is 763. The molecule has 0 bridgehead atoms. The second kappa shape index (κ2) is 4.58. The Hall–Kier alpha value is -1.85. The van der Waals surface area contributed by atoms with Crippen molar-refractivity contribution in [1.29, 1.82) is 0 Å². The van der Waals surface area contributed by atoms with Crippen molar-refractivity contribution < 1.29 is 19.4 Å². The molecule has 3 atom stereocenters. The van der Waals surface area contributed by atoms with Gasteiger partial charge in [-0.2, -0.15) is 0 Å². The Morgan fingerprint density at radius 1 is 1.33 bits per heavy atom. The summed E-state index contributed by atoms with van der Waals surface area (Å²) in [6.07, 6.45) is -1.71. The molecule has 112 valence electrons. The van der Waals surface area contributed by atoms with Crippen LogP contribution in [0.15, 0.2) is 27.4 Å². The molecule has 0 fully saturated rings. The van der Waals surface area contributed by atoms with Gasteiger partial charge in [0.2, 0.25) is 0 Å². The maximum atomic E-state index is 11.6. The lowest BCUT2D eigenvalue weighted by Crippen LogP contribution is -2.50. The summed E-state index contributed by atoms with van der Waals surface area (Å²) >= 11 is 0. The summed E-state index contributed by atoms with van der Waals surface area (Å²) in [7, 11) is 0. The van der Waals surface area contributed by atoms with E-state index in [1.165, 1.54) is 6.07 Å². The summed E-state index contributed by atoms with van der Waals surface area (Å²) in [6, 6.07) is 4.94. The summed E-state index contributed by atoms with van der Waals surface area (Å²) in [5.74, 6) is 0.443. The zero-order valence-corrected chi connectivity index (χ0v) is 12.2. The first kappa shape index (κ1) is 14.1. The van der Waals surface area contributed by atoms with Crippen molar-refractivity contribution >= 4 is 11.0 Å². The molecule has 1 aromatic heterocycles. The van der Waals surface area contributed by atoms with Crippen molar-refractivity contribution in [2.24, 2.45) is 0 Å². The number of aliphatic hydroxyl groups excluding tert-OH is 2. The molecule has 0 aliphatic carbocycles. The Kier molecular flexibility index (Phi) is 3.07. The van der Waals surface area contributed by atoms with E-state index >= 15 is 0 Å². The van der Waals surface area contributed by atoms with Gasteiger partial charge in [-0.3, -0.25) is 0 Å². The van der Waals surface area contributed by atoms with Crippen molar-refractivity contribution in [1.82, 2.24) is 0 Å². The molecule has 1 aliphatic rings. The molecule has 21 heavy (non-hydrogen) atoms. The third-order valence-electron chi connectivity index (χ3n) is 4.38. The van der Waals surface area contributed by atoms with Crippen LogP contribution in [0.5, 0.6) is 5.75 Å². The Morgan fingerprint density at radius 3 is 2.71 bits per heavy atom. The highest BCUT2D eigenvalue weighted by molar-refractivity contribution is 5.85. The van der Waals surface area contributed by atoms with Gasteiger partial charge in [-0.15, -0.1) is 0 Å². The van der Waals surface area contributed by atoms with Gasteiger partial charge in [0.05, 0.1) is 5.56 Å². The third kappa shape index (κ3) is 1.96. The number of fused-ring (bicyclic) bond motifs is 3. The van der Waals surface area contributed by atoms with Crippen molar-refractivity contribution in [2.45, 2.75) is 45.0 Å². The van der Waals surface area contributed by atoms with Gasteiger partial charge in [0, 0.05) is 11.5 Å². The molecule has 3 rings (SSSR count). The molecule has 1 aromatic carbocycles. The molecule has 0 spiro atoms. The van der Waals surface area contributed by atoms with E-state index in [-0.39, 0.29) is 5.58 Å². The molecule has 0 saturated heterocycles. The van der Waals surface area contributed by atoms with Crippen LogP contribution >= 0.6 is 0 Å². The van der Waals surface area contributed by atoms with E-state index in [9.17, 15) is 15.0 Å². The number of aryl methyl sites for hydroxylation is 1. The average molecular weight is 290 g/mol. The van der Waals surface area contributed by atoms with E-state index in [4.69, 9.17) is 9.15 Å². The minimum atomic E-state index is -1.16. The first-order valence-corrected chi connectivity index (χ1v) is 7.00. The molecule has 1 aliphatic heterocycles. The molecular formula is C16H18O5. The molecule has 2 aromatic rings. The number of hydrogen-bond acceptors (Lipinski definition) is 5. The van der Waals surface area contributed by atoms with Crippen LogP contribution < -0.4 is 10.4 Å².